The van der Waals surface area contributed by atoms with Crippen molar-refractivity contribution in [2.75, 3.05) is 13.2 Å². The lowest BCUT2D eigenvalue weighted by Crippen LogP contribution is -2.30. The lowest BCUT2D eigenvalue weighted by molar-refractivity contribution is -0.167. The summed E-state index contributed by atoms with van der Waals surface area (Å²) >= 11 is 0. The summed E-state index contributed by atoms with van der Waals surface area (Å²) in [6, 6.07) is 0. The number of carbonyl (C=O) groups excluding carboxylic acids is 3. The van der Waals surface area contributed by atoms with Gasteiger partial charge in [-0.2, -0.15) is 0 Å². The third-order valence-electron chi connectivity index (χ3n) is 8.41. The minimum Gasteiger partial charge on any atom is -0.462 e. The van der Waals surface area contributed by atoms with Gasteiger partial charge in [0, 0.05) is 19.3 Å². The van der Waals surface area contributed by atoms with Gasteiger partial charge in [-0.15, -0.1) is 0 Å². The Morgan fingerprint density at radius 1 is 0.382 bits per heavy atom. The van der Waals surface area contributed by atoms with Crippen LogP contribution >= 0.6 is 0 Å². The highest BCUT2D eigenvalue weighted by Gasteiger charge is 2.19. The van der Waals surface area contributed by atoms with E-state index in [1.807, 2.05) is 36.5 Å². The number of unbranched alkanes of at least 4 members (excludes halogenated alkanes) is 12. The second kappa shape index (κ2) is 42.8. The van der Waals surface area contributed by atoms with Crippen molar-refractivity contribution in [2.45, 2.75) is 168 Å². The number of esters is 3. The van der Waals surface area contributed by atoms with Crippen LogP contribution in [-0.4, -0.2) is 37.2 Å². The smallest absolute Gasteiger partial charge is 0.306 e. The molecule has 0 saturated heterocycles. The van der Waals surface area contributed by atoms with Crippen molar-refractivity contribution in [3.63, 3.8) is 0 Å². The molecule has 0 bridgehead atoms. The quantitative estimate of drug-likeness (QED) is 0.0208. The summed E-state index contributed by atoms with van der Waals surface area (Å²) in [6.45, 7) is 6.12. The Hall–Kier alpha value is -3.93. The van der Waals surface area contributed by atoms with Crippen molar-refractivity contribution in [3.05, 3.63) is 109 Å². The molecule has 6 nitrogen and oxygen atoms in total. The fourth-order valence-electron chi connectivity index (χ4n) is 5.25. The standard InChI is InChI=1S/C49H76O6/c1-4-7-10-13-16-19-21-23-24-26-27-30-33-36-39-42-48(51)54-45-46(44-53-47(50)41-38-35-32-29-18-15-12-9-6-3)55-49(52)43-40-37-34-31-28-25-22-20-17-14-11-8-5-2/h7-14,16-22,25,28-29,46H,4-6,15,23-24,26-27,30-45H2,1-3H3/b10-7-,11-8-,12-9-,16-13-,17-14-,21-19-,22-20-,28-25-,29-18-. The zero-order chi connectivity index (χ0) is 40.1. The molecule has 0 aliphatic carbocycles. The van der Waals surface area contributed by atoms with Crippen LogP contribution in [-0.2, 0) is 28.6 Å². The zero-order valence-corrected chi connectivity index (χ0v) is 34.9. The van der Waals surface area contributed by atoms with Crippen LogP contribution in [0, 0.1) is 0 Å². The number of ether oxygens (including phenoxy) is 3. The van der Waals surface area contributed by atoms with E-state index >= 15 is 0 Å². The van der Waals surface area contributed by atoms with E-state index in [1.165, 1.54) is 25.7 Å². The zero-order valence-electron chi connectivity index (χ0n) is 34.9. The van der Waals surface area contributed by atoms with E-state index in [1.54, 1.807) is 0 Å². The number of hydrogen-bond acceptors (Lipinski definition) is 6. The molecule has 0 saturated carbocycles. The predicted molar refractivity (Wildman–Crippen MR) is 233 cm³/mol. The molecule has 0 N–H and O–H groups in total. The lowest BCUT2D eigenvalue weighted by atomic mass is 10.1. The van der Waals surface area contributed by atoms with Crippen LogP contribution in [0.3, 0.4) is 0 Å². The van der Waals surface area contributed by atoms with Crippen LogP contribution in [0.4, 0.5) is 0 Å². The summed E-state index contributed by atoms with van der Waals surface area (Å²) in [6.07, 6.45) is 56.5. The molecule has 0 spiro atoms. The Morgan fingerprint density at radius 2 is 0.745 bits per heavy atom. The van der Waals surface area contributed by atoms with Crippen molar-refractivity contribution >= 4 is 17.9 Å². The largest absolute Gasteiger partial charge is 0.462 e. The second-order valence-corrected chi connectivity index (χ2v) is 13.6. The van der Waals surface area contributed by atoms with E-state index in [0.717, 1.165) is 89.9 Å². The summed E-state index contributed by atoms with van der Waals surface area (Å²) in [5.41, 5.74) is 0. The van der Waals surface area contributed by atoms with Crippen molar-refractivity contribution < 1.29 is 28.6 Å². The van der Waals surface area contributed by atoms with E-state index in [0.29, 0.717) is 19.3 Å². The molecule has 0 fully saturated rings. The number of hydrogen-bond donors (Lipinski definition) is 0. The van der Waals surface area contributed by atoms with E-state index < -0.39 is 6.10 Å². The molecule has 0 aromatic heterocycles. The van der Waals surface area contributed by atoms with Crippen LogP contribution in [0.5, 0.6) is 0 Å². The summed E-state index contributed by atoms with van der Waals surface area (Å²) in [4.78, 5) is 37.6. The fourth-order valence-corrected chi connectivity index (χ4v) is 5.25. The van der Waals surface area contributed by atoms with E-state index in [4.69, 9.17) is 14.2 Å². The molecular weight excluding hydrogens is 685 g/mol. The maximum absolute atomic E-state index is 12.7. The van der Waals surface area contributed by atoms with Gasteiger partial charge in [0.25, 0.3) is 0 Å². The van der Waals surface area contributed by atoms with Crippen LogP contribution in [0.1, 0.15) is 162 Å². The first-order valence-corrected chi connectivity index (χ1v) is 21.5. The van der Waals surface area contributed by atoms with Crippen molar-refractivity contribution in [3.8, 4) is 0 Å². The van der Waals surface area contributed by atoms with Gasteiger partial charge in [-0.1, -0.05) is 169 Å². The van der Waals surface area contributed by atoms with E-state index in [9.17, 15) is 14.4 Å². The monoisotopic (exact) mass is 761 g/mol. The first-order valence-electron chi connectivity index (χ1n) is 21.5. The molecule has 0 aliphatic rings. The highest BCUT2D eigenvalue weighted by Crippen LogP contribution is 2.12. The number of rotatable bonds is 36. The maximum Gasteiger partial charge on any atom is 0.306 e. The predicted octanol–water partition coefficient (Wildman–Crippen LogP) is 13.6. The van der Waals surface area contributed by atoms with Crippen LogP contribution in [0.2, 0.25) is 0 Å². The Bertz CT molecular complexity index is 1200. The van der Waals surface area contributed by atoms with Gasteiger partial charge < -0.3 is 14.2 Å². The number of allylic oxidation sites excluding steroid dienone is 18. The highest BCUT2D eigenvalue weighted by atomic mass is 16.6. The molecule has 0 radical (unpaired) electrons. The Balaban J connectivity index is 4.50. The van der Waals surface area contributed by atoms with Crippen LogP contribution < -0.4 is 0 Å². The molecule has 0 amide bonds. The lowest BCUT2D eigenvalue weighted by Gasteiger charge is -2.18. The second-order valence-electron chi connectivity index (χ2n) is 13.6. The molecule has 308 valence electrons. The molecule has 1 atom stereocenters. The van der Waals surface area contributed by atoms with E-state index in [-0.39, 0.29) is 37.5 Å². The first kappa shape index (κ1) is 51.1. The van der Waals surface area contributed by atoms with Crippen molar-refractivity contribution in [1.82, 2.24) is 0 Å². The molecule has 0 aromatic carbocycles. The fraction of sp³-hybridized carbons (Fsp3) is 0.571. The van der Waals surface area contributed by atoms with Crippen molar-refractivity contribution in [2.24, 2.45) is 0 Å². The average molecular weight is 761 g/mol. The Labute approximate surface area is 336 Å². The van der Waals surface area contributed by atoms with Crippen LogP contribution in [0.25, 0.3) is 0 Å². The van der Waals surface area contributed by atoms with Crippen molar-refractivity contribution in [1.29, 1.82) is 0 Å². The van der Waals surface area contributed by atoms with Gasteiger partial charge >= 0.3 is 17.9 Å². The van der Waals surface area contributed by atoms with Gasteiger partial charge in [0.1, 0.15) is 13.2 Å². The summed E-state index contributed by atoms with van der Waals surface area (Å²) in [7, 11) is 0. The summed E-state index contributed by atoms with van der Waals surface area (Å²) in [5.74, 6) is -1.02. The molecule has 1 unspecified atom stereocenters. The number of carbonyl (C=O) groups is 3. The average Bonchev–Trinajstić information content (AvgIpc) is 3.18. The minimum absolute atomic E-state index is 0.114. The maximum atomic E-state index is 12.7. The van der Waals surface area contributed by atoms with Gasteiger partial charge in [0.2, 0.25) is 0 Å². The Kier molecular flexibility index (Phi) is 39.7. The third-order valence-corrected chi connectivity index (χ3v) is 8.41. The minimum atomic E-state index is -0.815. The van der Waals surface area contributed by atoms with Gasteiger partial charge in [-0.3, -0.25) is 14.4 Å². The summed E-state index contributed by atoms with van der Waals surface area (Å²) < 4.78 is 16.6. The topological polar surface area (TPSA) is 78.9 Å². The molecule has 0 aliphatic heterocycles. The molecule has 0 aromatic rings. The van der Waals surface area contributed by atoms with Gasteiger partial charge in [0.05, 0.1) is 0 Å². The molecule has 0 heterocycles. The van der Waals surface area contributed by atoms with Gasteiger partial charge in [-0.25, -0.2) is 0 Å². The van der Waals surface area contributed by atoms with Gasteiger partial charge in [-0.05, 0) is 83.5 Å². The summed E-state index contributed by atoms with van der Waals surface area (Å²) in [5, 5.41) is 0. The van der Waals surface area contributed by atoms with Gasteiger partial charge in [0.15, 0.2) is 6.10 Å². The highest BCUT2D eigenvalue weighted by molar-refractivity contribution is 5.71. The van der Waals surface area contributed by atoms with E-state index in [2.05, 4.69) is 93.7 Å². The van der Waals surface area contributed by atoms with Crippen LogP contribution in [0.15, 0.2) is 109 Å². The Morgan fingerprint density at radius 3 is 1.27 bits per heavy atom. The first-order chi connectivity index (χ1) is 27.0. The molecule has 55 heavy (non-hydrogen) atoms. The third kappa shape index (κ3) is 41.1. The SMILES string of the molecule is CC\C=C/C=C\C=C/C=C\CCCCCC(=O)OC(COC(=O)CCCC/C=C\C/C=C\CC)COC(=O)CCCCCCCCC\C=C/C=C\C=C/CC. The molecule has 6 heteroatoms. The molecular formula is C49H76O6. The molecule has 0 rings (SSSR count). The normalized spacial score (nSPS) is 13.1.